The van der Waals surface area contributed by atoms with Crippen molar-refractivity contribution >= 4 is 5.91 Å². The largest absolute Gasteiger partial charge is 0.395 e. The van der Waals surface area contributed by atoms with Gasteiger partial charge in [-0.3, -0.25) is 4.79 Å². The summed E-state index contributed by atoms with van der Waals surface area (Å²) in [7, 11) is 0. The van der Waals surface area contributed by atoms with Crippen LogP contribution in [0, 0.1) is 12.3 Å². The topological polar surface area (TPSA) is 40.5 Å². The lowest BCUT2D eigenvalue weighted by Gasteiger charge is -2.20. The second-order valence-corrected chi connectivity index (χ2v) is 3.25. The maximum Gasteiger partial charge on any atom is 0.223 e. The Morgan fingerprint density at radius 3 is 2.77 bits per heavy atom. The summed E-state index contributed by atoms with van der Waals surface area (Å²) in [5.74, 6) is 2.52. The number of carbonyl (C=O) groups excluding carboxylic acids is 1. The highest BCUT2D eigenvalue weighted by Crippen LogP contribution is 2.27. The number of aliphatic hydroxyl groups excluding tert-OH is 1. The summed E-state index contributed by atoms with van der Waals surface area (Å²) in [6, 6.07) is 0.373. The quantitative estimate of drug-likeness (QED) is 0.623. The van der Waals surface area contributed by atoms with Crippen LogP contribution in [-0.2, 0) is 4.79 Å². The number of carbonyl (C=O) groups is 1. The van der Waals surface area contributed by atoms with Crippen LogP contribution >= 0.6 is 0 Å². The number of hydrogen-bond acceptors (Lipinski definition) is 2. The van der Waals surface area contributed by atoms with Crippen molar-refractivity contribution in [2.45, 2.75) is 31.7 Å². The van der Waals surface area contributed by atoms with E-state index in [9.17, 15) is 4.79 Å². The predicted molar refractivity (Wildman–Crippen MR) is 49.9 cm³/mol. The molecule has 0 aromatic heterocycles. The zero-order chi connectivity index (χ0) is 9.68. The average molecular weight is 181 g/mol. The van der Waals surface area contributed by atoms with Crippen LogP contribution in [-0.4, -0.2) is 35.1 Å². The van der Waals surface area contributed by atoms with Crippen LogP contribution < -0.4 is 0 Å². The van der Waals surface area contributed by atoms with Crippen molar-refractivity contribution in [2.75, 3.05) is 13.2 Å². The number of terminal acetylenes is 1. The van der Waals surface area contributed by atoms with Gasteiger partial charge in [0, 0.05) is 25.4 Å². The van der Waals surface area contributed by atoms with Crippen LogP contribution in [0.1, 0.15) is 25.7 Å². The average Bonchev–Trinajstić information content (AvgIpc) is 2.93. The third-order valence-electron chi connectivity index (χ3n) is 2.13. The molecular formula is C10H15NO2. The fourth-order valence-electron chi connectivity index (χ4n) is 1.33. The molecule has 1 fully saturated rings. The van der Waals surface area contributed by atoms with Crippen LogP contribution in [0.3, 0.4) is 0 Å². The van der Waals surface area contributed by atoms with Crippen molar-refractivity contribution < 1.29 is 9.90 Å². The molecule has 3 heteroatoms. The maximum absolute atomic E-state index is 11.5. The van der Waals surface area contributed by atoms with Crippen LogP contribution in [0.5, 0.6) is 0 Å². The molecule has 0 aromatic carbocycles. The minimum Gasteiger partial charge on any atom is -0.395 e. The lowest BCUT2D eigenvalue weighted by Crippen LogP contribution is -2.35. The maximum atomic E-state index is 11.5. The van der Waals surface area contributed by atoms with Crippen LogP contribution in [0.2, 0.25) is 0 Å². The summed E-state index contributed by atoms with van der Waals surface area (Å²) in [4.78, 5) is 13.2. The number of aliphatic hydroxyl groups is 1. The molecule has 0 heterocycles. The standard InChI is InChI=1S/C10H15NO2/c1-2-3-4-10(13)11(7-8-12)9-5-6-9/h1,9,12H,3-8H2. The van der Waals surface area contributed by atoms with E-state index in [-0.39, 0.29) is 12.5 Å². The summed E-state index contributed by atoms with van der Waals surface area (Å²) < 4.78 is 0. The van der Waals surface area contributed by atoms with Crippen LogP contribution in [0.25, 0.3) is 0 Å². The molecule has 1 saturated carbocycles. The summed E-state index contributed by atoms with van der Waals surface area (Å²) >= 11 is 0. The first-order valence-electron chi connectivity index (χ1n) is 4.63. The summed E-state index contributed by atoms with van der Waals surface area (Å²) in [5.41, 5.74) is 0. The molecule has 1 rings (SSSR count). The normalized spacial score (nSPS) is 15.1. The Morgan fingerprint density at radius 2 is 2.31 bits per heavy atom. The first-order chi connectivity index (χ1) is 6.29. The minimum atomic E-state index is 0.0400. The van der Waals surface area contributed by atoms with E-state index in [1.165, 1.54) is 0 Å². The van der Waals surface area contributed by atoms with Gasteiger partial charge in [0.05, 0.1) is 6.61 Å². The van der Waals surface area contributed by atoms with E-state index in [0.29, 0.717) is 25.4 Å². The molecule has 0 bridgehead atoms. The molecule has 1 amide bonds. The molecule has 1 aliphatic carbocycles. The summed E-state index contributed by atoms with van der Waals surface area (Å²) in [6.07, 6.45) is 8.12. The van der Waals surface area contributed by atoms with Crippen molar-refractivity contribution in [3.05, 3.63) is 0 Å². The first-order valence-corrected chi connectivity index (χ1v) is 4.63. The second-order valence-electron chi connectivity index (χ2n) is 3.25. The highest BCUT2D eigenvalue weighted by Gasteiger charge is 2.31. The zero-order valence-corrected chi connectivity index (χ0v) is 7.70. The van der Waals surface area contributed by atoms with Crippen LogP contribution in [0.15, 0.2) is 0 Å². The van der Waals surface area contributed by atoms with Crippen molar-refractivity contribution in [3.63, 3.8) is 0 Å². The molecule has 0 aromatic rings. The Bertz CT molecular complexity index is 215. The SMILES string of the molecule is C#CCCC(=O)N(CCO)C1CC1. The van der Waals surface area contributed by atoms with Gasteiger partial charge in [-0.25, -0.2) is 0 Å². The first kappa shape index (κ1) is 10.1. The second kappa shape index (κ2) is 4.88. The minimum absolute atomic E-state index is 0.0400. The van der Waals surface area contributed by atoms with Gasteiger partial charge < -0.3 is 10.0 Å². The van der Waals surface area contributed by atoms with Crippen molar-refractivity contribution in [1.29, 1.82) is 0 Å². The summed E-state index contributed by atoms with van der Waals surface area (Å²) in [5, 5.41) is 8.75. The molecule has 0 spiro atoms. The zero-order valence-electron chi connectivity index (χ0n) is 7.70. The van der Waals surface area contributed by atoms with Gasteiger partial charge in [0.1, 0.15) is 0 Å². The molecule has 72 valence electrons. The van der Waals surface area contributed by atoms with Crippen molar-refractivity contribution in [2.24, 2.45) is 0 Å². The van der Waals surface area contributed by atoms with Gasteiger partial charge in [-0.1, -0.05) is 0 Å². The number of rotatable bonds is 5. The van der Waals surface area contributed by atoms with Crippen molar-refractivity contribution in [1.82, 2.24) is 4.90 Å². The Labute approximate surface area is 78.7 Å². The van der Waals surface area contributed by atoms with Gasteiger partial charge in [-0.2, -0.15) is 0 Å². The van der Waals surface area contributed by atoms with Gasteiger partial charge in [-0.15, -0.1) is 12.3 Å². The molecule has 1 N–H and O–H groups in total. The van der Waals surface area contributed by atoms with E-state index in [4.69, 9.17) is 11.5 Å². The Hall–Kier alpha value is -1.01. The van der Waals surface area contributed by atoms with E-state index in [1.54, 1.807) is 4.90 Å². The highest BCUT2D eigenvalue weighted by molar-refractivity contribution is 5.77. The Morgan fingerprint density at radius 1 is 1.62 bits per heavy atom. The fraction of sp³-hybridized carbons (Fsp3) is 0.700. The van der Waals surface area contributed by atoms with Gasteiger partial charge in [0.2, 0.25) is 5.91 Å². The molecule has 13 heavy (non-hydrogen) atoms. The molecule has 3 nitrogen and oxygen atoms in total. The highest BCUT2D eigenvalue weighted by atomic mass is 16.3. The Balaban J connectivity index is 2.35. The van der Waals surface area contributed by atoms with Gasteiger partial charge in [0.15, 0.2) is 0 Å². The number of amides is 1. The third kappa shape index (κ3) is 3.08. The Kier molecular flexibility index (Phi) is 3.78. The molecule has 1 aliphatic rings. The van der Waals surface area contributed by atoms with E-state index in [1.807, 2.05) is 0 Å². The lowest BCUT2D eigenvalue weighted by atomic mass is 10.3. The summed E-state index contributed by atoms with van der Waals surface area (Å²) in [6.45, 7) is 0.492. The molecule has 0 saturated heterocycles. The molecular weight excluding hydrogens is 166 g/mol. The number of hydrogen-bond donors (Lipinski definition) is 1. The number of nitrogens with zero attached hydrogens (tertiary/aromatic N) is 1. The van der Waals surface area contributed by atoms with E-state index >= 15 is 0 Å². The van der Waals surface area contributed by atoms with E-state index in [2.05, 4.69) is 5.92 Å². The lowest BCUT2D eigenvalue weighted by molar-refractivity contribution is -0.132. The van der Waals surface area contributed by atoms with Gasteiger partial charge >= 0.3 is 0 Å². The van der Waals surface area contributed by atoms with Gasteiger partial charge in [0.25, 0.3) is 0 Å². The molecule has 0 radical (unpaired) electrons. The smallest absolute Gasteiger partial charge is 0.223 e. The van der Waals surface area contributed by atoms with Crippen LogP contribution in [0.4, 0.5) is 0 Å². The molecule has 0 aliphatic heterocycles. The predicted octanol–water partition coefficient (Wildman–Crippen LogP) is 0.383. The monoisotopic (exact) mass is 181 g/mol. The van der Waals surface area contributed by atoms with E-state index < -0.39 is 0 Å². The van der Waals surface area contributed by atoms with E-state index in [0.717, 1.165) is 12.8 Å². The van der Waals surface area contributed by atoms with Gasteiger partial charge in [-0.05, 0) is 12.8 Å². The molecule has 0 atom stereocenters. The fourth-order valence-corrected chi connectivity index (χ4v) is 1.33. The molecule has 0 unspecified atom stereocenters. The van der Waals surface area contributed by atoms with Crippen molar-refractivity contribution in [3.8, 4) is 12.3 Å². The third-order valence-corrected chi connectivity index (χ3v) is 2.13.